The van der Waals surface area contributed by atoms with Gasteiger partial charge in [0.2, 0.25) is 5.91 Å². The molecule has 1 aliphatic rings. The molecule has 2 aromatic rings. The molecule has 0 bridgehead atoms. The number of hydrogen-bond acceptors (Lipinski definition) is 7. The van der Waals surface area contributed by atoms with Gasteiger partial charge in [-0.2, -0.15) is 0 Å². The van der Waals surface area contributed by atoms with E-state index >= 15 is 0 Å². The van der Waals surface area contributed by atoms with Crippen molar-refractivity contribution in [1.29, 1.82) is 0 Å². The SMILES string of the molecule is CCCC(C)NC(=O)C1CCCN(C(C)c2nc3sc(C(=O)OCC)c(C)c3c(=O)[nH]2)C1. The number of esters is 1. The lowest BCUT2D eigenvalue weighted by molar-refractivity contribution is -0.127. The van der Waals surface area contributed by atoms with Gasteiger partial charge < -0.3 is 15.0 Å². The molecule has 1 amide bonds. The Balaban J connectivity index is 1.80. The second kappa shape index (κ2) is 10.6. The third kappa shape index (κ3) is 5.20. The van der Waals surface area contributed by atoms with Crippen LogP contribution >= 0.6 is 11.3 Å². The van der Waals surface area contributed by atoms with Crippen molar-refractivity contribution >= 4 is 33.4 Å². The maximum Gasteiger partial charge on any atom is 0.348 e. The Hall–Kier alpha value is -2.26. The molecule has 3 heterocycles. The van der Waals surface area contributed by atoms with E-state index in [4.69, 9.17) is 9.72 Å². The molecule has 2 N–H and O–H groups in total. The third-order valence-corrected chi connectivity index (χ3v) is 7.32. The van der Waals surface area contributed by atoms with Crippen LogP contribution in [0.25, 0.3) is 10.2 Å². The summed E-state index contributed by atoms with van der Waals surface area (Å²) in [6, 6.07) is 0.0283. The molecule has 9 heteroatoms. The minimum Gasteiger partial charge on any atom is -0.462 e. The van der Waals surface area contributed by atoms with Crippen LogP contribution in [0.1, 0.15) is 80.5 Å². The highest BCUT2D eigenvalue weighted by molar-refractivity contribution is 7.20. The van der Waals surface area contributed by atoms with Crippen LogP contribution in [0, 0.1) is 12.8 Å². The number of carbonyl (C=O) groups excluding carboxylic acids is 2. The fourth-order valence-electron chi connectivity index (χ4n) is 4.36. The van der Waals surface area contributed by atoms with Crippen LogP contribution < -0.4 is 10.9 Å². The van der Waals surface area contributed by atoms with Crippen molar-refractivity contribution in [2.75, 3.05) is 19.7 Å². The lowest BCUT2D eigenvalue weighted by atomic mass is 9.95. The van der Waals surface area contributed by atoms with Gasteiger partial charge in [-0.25, -0.2) is 9.78 Å². The number of hydrogen-bond donors (Lipinski definition) is 2. The predicted octanol–water partition coefficient (Wildman–Crippen LogP) is 3.55. The van der Waals surface area contributed by atoms with Gasteiger partial charge in [-0.15, -0.1) is 11.3 Å². The first-order chi connectivity index (χ1) is 15.3. The number of ether oxygens (including phenoxy) is 1. The number of thiophene rings is 1. The van der Waals surface area contributed by atoms with Gasteiger partial charge in [-0.1, -0.05) is 13.3 Å². The highest BCUT2D eigenvalue weighted by Crippen LogP contribution is 2.30. The average molecular weight is 463 g/mol. The zero-order valence-electron chi connectivity index (χ0n) is 19.6. The van der Waals surface area contributed by atoms with E-state index in [9.17, 15) is 14.4 Å². The average Bonchev–Trinajstić information content (AvgIpc) is 3.10. The normalized spacial score (nSPS) is 19.0. The predicted molar refractivity (Wildman–Crippen MR) is 126 cm³/mol. The Bertz CT molecular complexity index is 1030. The summed E-state index contributed by atoms with van der Waals surface area (Å²) in [7, 11) is 0. The van der Waals surface area contributed by atoms with Crippen molar-refractivity contribution in [1.82, 2.24) is 20.2 Å². The zero-order valence-corrected chi connectivity index (χ0v) is 20.4. The van der Waals surface area contributed by atoms with Gasteiger partial charge in [0, 0.05) is 12.6 Å². The number of aromatic nitrogens is 2. The number of amides is 1. The van der Waals surface area contributed by atoms with E-state index in [0.717, 1.165) is 32.2 Å². The van der Waals surface area contributed by atoms with E-state index in [1.54, 1.807) is 13.8 Å². The number of aromatic amines is 1. The Kier molecular flexibility index (Phi) is 8.05. The van der Waals surface area contributed by atoms with E-state index in [1.165, 1.54) is 11.3 Å². The molecular weight excluding hydrogens is 428 g/mol. The summed E-state index contributed by atoms with van der Waals surface area (Å²) >= 11 is 1.19. The van der Waals surface area contributed by atoms with Crippen LogP contribution in [-0.2, 0) is 9.53 Å². The summed E-state index contributed by atoms with van der Waals surface area (Å²) in [5.41, 5.74) is 0.355. The number of nitrogens with one attached hydrogen (secondary N) is 2. The van der Waals surface area contributed by atoms with E-state index in [1.807, 2.05) is 13.8 Å². The minimum atomic E-state index is -0.427. The molecule has 3 atom stereocenters. The molecule has 32 heavy (non-hydrogen) atoms. The van der Waals surface area contributed by atoms with Crippen LogP contribution in [0.3, 0.4) is 0 Å². The highest BCUT2D eigenvalue weighted by atomic mass is 32.1. The van der Waals surface area contributed by atoms with Gasteiger partial charge in [0.05, 0.1) is 24.0 Å². The molecule has 8 nitrogen and oxygen atoms in total. The first kappa shape index (κ1) is 24.4. The molecular formula is C23H34N4O4S. The number of rotatable bonds is 8. The molecule has 176 valence electrons. The summed E-state index contributed by atoms with van der Waals surface area (Å²) in [5, 5.41) is 3.57. The maximum absolute atomic E-state index is 12.8. The lowest BCUT2D eigenvalue weighted by Gasteiger charge is -2.36. The van der Waals surface area contributed by atoms with Crippen molar-refractivity contribution in [2.45, 2.75) is 72.4 Å². The van der Waals surface area contributed by atoms with Crippen molar-refractivity contribution in [3.05, 3.63) is 26.6 Å². The van der Waals surface area contributed by atoms with Crippen molar-refractivity contribution < 1.29 is 14.3 Å². The van der Waals surface area contributed by atoms with Crippen LogP contribution in [0.15, 0.2) is 4.79 Å². The number of fused-ring (bicyclic) bond motifs is 1. The highest BCUT2D eigenvalue weighted by Gasteiger charge is 2.30. The Morgan fingerprint density at radius 2 is 2.09 bits per heavy atom. The largest absolute Gasteiger partial charge is 0.462 e. The molecule has 0 aromatic carbocycles. The number of likely N-dealkylation sites (tertiary alicyclic amines) is 1. The molecule has 0 saturated carbocycles. The summed E-state index contributed by atoms with van der Waals surface area (Å²) in [6.45, 7) is 11.4. The molecule has 2 aromatic heterocycles. The third-order valence-electron chi connectivity index (χ3n) is 6.16. The Morgan fingerprint density at radius 3 is 2.78 bits per heavy atom. The summed E-state index contributed by atoms with van der Waals surface area (Å²) < 4.78 is 5.11. The Morgan fingerprint density at radius 1 is 1.34 bits per heavy atom. The van der Waals surface area contributed by atoms with E-state index < -0.39 is 5.97 Å². The van der Waals surface area contributed by atoms with Gasteiger partial charge in [0.1, 0.15) is 15.5 Å². The first-order valence-electron chi connectivity index (χ1n) is 11.5. The molecule has 0 spiro atoms. The quantitative estimate of drug-likeness (QED) is 0.582. The second-order valence-electron chi connectivity index (χ2n) is 8.62. The number of H-pyrrole nitrogens is 1. The first-order valence-corrected chi connectivity index (χ1v) is 12.3. The van der Waals surface area contributed by atoms with Crippen LogP contribution in [0.2, 0.25) is 0 Å². The van der Waals surface area contributed by atoms with Crippen LogP contribution in [0.5, 0.6) is 0 Å². The van der Waals surface area contributed by atoms with Crippen LogP contribution in [0.4, 0.5) is 0 Å². The maximum atomic E-state index is 12.8. The monoisotopic (exact) mass is 462 g/mol. The number of carbonyl (C=O) groups is 2. The van der Waals surface area contributed by atoms with E-state index in [0.29, 0.717) is 33.0 Å². The molecule has 1 saturated heterocycles. The zero-order chi connectivity index (χ0) is 23.4. The summed E-state index contributed by atoms with van der Waals surface area (Å²) in [5.74, 6) is 0.164. The van der Waals surface area contributed by atoms with Crippen molar-refractivity contribution in [3.8, 4) is 0 Å². The smallest absolute Gasteiger partial charge is 0.348 e. The van der Waals surface area contributed by atoms with Gasteiger partial charge in [-0.3, -0.25) is 14.5 Å². The van der Waals surface area contributed by atoms with Gasteiger partial charge in [-0.05, 0) is 59.1 Å². The molecule has 1 fully saturated rings. The summed E-state index contributed by atoms with van der Waals surface area (Å²) in [4.78, 5) is 48.5. The fraction of sp³-hybridized carbons (Fsp3) is 0.652. The molecule has 0 aliphatic carbocycles. The van der Waals surface area contributed by atoms with E-state index in [2.05, 4.69) is 22.1 Å². The standard InChI is InChI=1S/C23H34N4O4S/c1-6-9-13(3)24-20(28)16-10-8-11-27(12-16)15(5)19-25-21(29)17-14(4)18(23(30)31-7-2)32-22(17)26-19/h13,15-16H,6-12H2,1-5H3,(H,24,28)(H,25,26,29). The van der Waals surface area contributed by atoms with Gasteiger partial charge >= 0.3 is 5.97 Å². The van der Waals surface area contributed by atoms with Gasteiger partial charge in [0.15, 0.2) is 0 Å². The van der Waals surface area contributed by atoms with Gasteiger partial charge in [0.25, 0.3) is 5.56 Å². The topological polar surface area (TPSA) is 104 Å². The lowest BCUT2D eigenvalue weighted by Crippen LogP contribution is -2.46. The number of aryl methyl sites for hydroxylation is 1. The summed E-state index contributed by atoms with van der Waals surface area (Å²) in [6.07, 6.45) is 3.79. The fourth-order valence-corrected chi connectivity index (χ4v) is 5.44. The minimum absolute atomic E-state index is 0.0691. The Labute approximate surface area is 192 Å². The second-order valence-corrected chi connectivity index (χ2v) is 9.62. The van der Waals surface area contributed by atoms with Crippen molar-refractivity contribution in [2.24, 2.45) is 5.92 Å². The van der Waals surface area contributed by atoms with Crippen molar-refractivity contribution in [3.63, 3.8) is 0 Å². The van der Waals surface area contributed by atoms with Crippen LogP contribution in [-0.4, -0.2) is 52.5 Å². The molecule has 3 unspecified atom stereocenters. The molecule has 0 radical (unpaired) electrons. The number of nitrogens with zero attached hydrogens (tertiary/aromatic N) is 2. The van der Waals surface area contributed by atoms with E-state index in [-0.39, 0.29) is 36.1 Å². The molecule has 3 rings (SSSR count). The molecule has 1 aliphatic heterocycles. The number of piperidine rings is 1.